The number of aliphatic hydroxyl groups is 1. The van der Waals surface area contributed by atoms with Gasteiger partial charge in [-0.1, -0.05) is 19.1 Å². The molecule has 100 valence electrons. The van der Waals surface area contributed by atoms with E-state index in [1.807, 2.05) is 6.92 Å². The summed E-state index contributed by atoms with van der Waals surface area (Å²) in [7, 11) is 1.67. The molecule has 0 saturated heterocycles. The summed E-state index contributed by atoms with van der Waals surface area (Å²) in [6, 6.07) is 6.10. The molecule has 1 aromatic rings. The number of aromatic hydroxyl groups is 1. The summed E-state index contributed by atoms with van der Waals surface area (Å²) in [5, 5.41) is 21.8. The van der Waals surface area contributed by atoms with E-state index < -0.39 is 6.10 Å². The van der Waals surface area contributed by atoms with E-state index in [0.717, 1.165) is 5.75 Å². The van der Waals surface area contributed by atoms with Gasteiger partial charge in [-0.05, 0) is 29.6 Å². The van der Waals surface area contributed by atoms with Crippen LogP contribution >= 0.6 is 11.9 Å². The average molecular weight is 270 g/mol. The second-order valence-electron chi connectivity index (χ2n) is 3.71. The number of aliphatic hydroxyl groups excluding tert-OH is 1. The van der Waals surface area contributed by atoms with E-state index in [1.54, 1.807) is 19.2 Å². The van der Waals surface area contributed by atoms with Crippen molar-refractivity contribution >= 4 is 18.0 Å². The third-order valence-electron chi connectivity index (χ3n) is 2.31. The number of phenols is 1. The van der Waals surface area contributed by atoms with Gasteiger partial charge in [0.15, 0.2) is 0 Å². The Morgan fingerprint density at radius 3 is 2.89 bits per heavy atom. The van der Waals surface area contributed by atoms with Crippen LogP contribution in [0, 0.1) is 0 Å². The van der Waals surface area contributed by atoms with Crippen LogP contribution in [0.5, 0.6) is 5.75 Å². The van der Waals surface area contributed by atoms with Gasteiger partial charge in [0, 0.05) is 19.3 Å². The quantitative estimate of drug-likeness (QED) is 0.713. The molecule has 1 aromatic carbocycles. The molecule has 0 bridgehead atoms. The van der Waals surface area contributed by atoms with E-state index in [4.69, 9.17) is 0 Å². The first-order valence-corrected chi connectivity index (χ1v) is 6.60. The van der Waals surface area contributed by atoms with Crippen molar-refractivity contribution < 1.29 is 15.0 Å². The van der Waals surface area contributed by atoms with E-state index in [-0.39, 0.29) is 18.3 Å². The van der Waals surface area contributed by atoms with Crippen LogP contribution in [0.3, 0.4) is 0 Å². The van der Waals surface area contributed by atoms with Crippen LogP contribution in [-0.4, -0.2) is 39.9 Å². The van der Waals surface area contributed by atoms with Crippen molar-refractivity contribution in [3.63, 3.8) is 0 Å². The standard InChI is InChI=1S/C12H18N2O3S/c1-3-18-14(2)12(17)13-8-11(16)9-5-4-6-10(15)7-9/h4-7,11,15-16H,3,8H2,1-2H3,(H,13,17). The van der Waals surface area contributed by atoms with Crippen molar-refractivity contribution in [1.29, 1.82) is 0 Å². The minimum absolute atomic E-state index is 0.0940. The molecule has 2 amide bonds. The number of nitrogens with one attached hydrogen (secondary N) is 1. The number of benzene rings is 1. The number of carbonyl (C=O) groups excluding carboxylic acids is 1. The molecular weight excluding hydrogens is 252 g/mol. The van der Waals surface area contributed by atoms with E-state index in [1.165, 1.54) is 28.4 Å². The maximum Gasteiger partial charge on any atom is 0.327 e. The molecule has 1 unspecified atom stereocenters. The SMILES string of the molecule is CCSN(C)C(=O)NCC(O)c1cccc(O)c1. The minimum Gasteiger partial charge on any atom is -0.508 e. The zero-order chi connectivity index (χ0) is 13.5. The Morgan fingerprint density at radius 1 is 1.56 bits per heavy atom. The molecule has 0 aliphatic rings. The predicted octanol–water partition coefficient (Wildman–Crippen LogP) is 1.74. The van der Waals surface area contributed by atoms with Crippen molar-refractivity contribution in [2.24, 2.45) is 0 Å². The minimum atomic E-state index is -0.832. The van der Waals surface area contributed by atoms with Crippen LogP contribution < -0.4 is 5.32 Å². The van der Waals surface area contributed by atoms with Crippen LogP contribution in [0.1, 0.15) is 18.6 Å². The lowest BCUT2D eigenvalue weighted by Crippen LogP contribution is -2.35. The fourth-order valence-corrected chi connectivity index (χ4v) is 1.97. The molecule has 5 nitrogen and oxygen atoms in total. The summed E-state index contributed by atoms with van der Waals surface area (Å²) in [5.41, 5.74) is 0.570. The van der Waals surface area contributed by atoms with Crippen molar-refractivity contribution in [2.75, 3.05) is 19.3 Å². The van der Waals surface area contributed by atoms with Gasteiger partial charge >= 0.3 is 6.03 Å². The molecule has 0 aromatic heterocycles. The first-order chi connectivity index (χ1) is 8.54. The van der Waals surface area contributed by atoms with Gasteiger partial charge in [0.1, 0.15) is 5.75 Å². The molecule has 1 rings (SSSR count). The molecule has 0 spiro atoms. The lowest BCUT2D eigenvalue weighted by Gasteiger charge is -2.18. The Morgan fingerprint density at radius 2 is 2.28 bits per heavy atom. The summed E-state index contributed by atoms with van der Waals surface area (Å²) in [6.07, 6.45) is -0.832. The van der Waals surface area contributed by atoms with Crippen LogP contribution in [0.25, 0.3) is 0 Å². The van der Waals surface area contributed by atoms with Gasteiger partial charge in [-0.3, -0.25) is 4.31 Å². The number of hydrogen-bond donors (Lipinski definition) is 3. The summed E-state index contributed by atoms with van der Waals surface area (Å²) >= 11 is 1.39. The van der Waals surface area contributed by atoms with Crippen molar-refractivity contribution in [1.82, 2.24) is 9.62 Å². The molecule has 0 aliphatic carbocycles. The summed E-state index contributed by atoms with van der Waals surface area (Å²) in [6.45, 7) is 2.06. The molecule has 18 heavy (non-hydrogen) atoms. The Labute approximate surface area is 111 Å². The molecule has 0 aliphatic heterocycles. The monoisotopic (exact) mass is 270 g/mol. The molecular formula is C12H18N2O3S. The number of rotatable bonds is 5. The fraction of sp³-hybridized carbons (Fsp3) is 0.417. The number of urea groups is 1. The Hall–Kier alpha value is -1.40. The largest absolute Gasteiger partial charge is 0.508 e. The van der Waals surface area contributed by atoms with Crippen LogP contribution in [0.2, 0.25) is 0 Å². The topological polar surface area (TPSA) is 72.8 Å². The third kappa shape index (κ3) is 4.46. The number of amides is 2. The maximum atomic E-state index is 11.6. The van der Waals surface area contributed by atoms with Crippen molar-refractivity contribution in [2.45, 2.75) is 13.0 Å². The summed E-state index contributed by atoms with van der Waals surface area (Å²) < 4.78 is 1.48. The zero-order valence-electron chi connectivity index (χ0n) is 10.5. The number of phenolic OH excluding ortho intramolecular Hbond substituents is 1. The maximum absolute atomic E-state index is 11.6. The van der Waals surface area contributed by atoms with E-state index in [2.05, 4.69) is 5.32 Å². The molecule has 6 heteroatoms. The van der Waals surface area contributed by atoms with Gasteiger partial charge in [-0.25, -0.2) is 4.79 Å². The lowest BCUT2D eigenvalue weighted by atomic mass is 10.1. The first kappa shape index (κ1) is 14.7. The molecule has 3 N–H and O–H groups in total. The molecule has 0 heterocycles. The van der Waals surface area contributed by atoms with E-state index >= 15 is 0 Å². The van der Waals surface area contributed by atoms with Crippen molar-refractivity contribution in [3.8, 4) is 5.75 Å². The highest BCUT2D eigenvalue weighted by Gasteiger charge is 2.12. The van der Waals surface area contributed by atoms with E-state index in [9.17, 15) is 15.0 Å². The van der Waals surface area contributed by atoms with Crippen LogP contribution in [0.15, 0.2) is 24.3 Å². The average Bonchev–Trinajstić information content (AvgIpc) is 2.35. The van der Waals surface area contributed by atoms with Gasteiger partial charge in [0.25, 0.3) is 0 Å². The second-order valence-corrected chi connectivity index (χ2v) is 5.10. The molecule has 0 saturated carbocycles. The lowest BCUT2D eigenvalue weighted by molar-refractivity contribution is 0.170. The molecule has 0 fully saturated rings. The van der Waals surface area contributed by atoms with Gasteiger partial charge in [0.2, 0.25) is 0 Å². The Kier molecular flexibility index (Phi) is 5.80. The molecule has 1 atom stereocenters. The summed E-state index contributed by atoms with van der Waals surface area (Å²) in [5.74, 6) is 0.899. The van der Waals surface area contributed by atoms with Gasteiger partial charge in [-0.2, -0.15) is 0 Å². The number of nitrogens with zero attached hydrogens (tertiary/aromatic N) is 1. The zero-order valence-corrected chi connectivity index (χ0v) is 11.3. The fourth-order valence-electron chi connectivity index (χ4n) is 1.40. The van der Waals surface area contributed by atoms with Crippen molar-refractivity contribution in [3.05, 3.63) is 29.8 Å². The number of carbonyl (C=O) groups is 1. The second kappa shape index (κ2) is 7.13. The van der Waals surface area contributed by atoms with Gasteiger partial charge in [0.05, 0.1) is 6.10 Å². The normalized spacial score (nSPS) is 11.9. The predicted molar refractivity (Wildman–Crippen MR) is 72.4 cm³/mol. The summed E-state index contributed by atoms with van der Waals surface area (Å²) in [4.78, 5) is 11.6. The van der Waals surface area contributed by atoms with Crippen LogP contribution in [0.4, 0.5) is 4.79 Å². The first-order valence-electron chi connectivity index (χ1n) is 5.66. The highest BCUT2D eigenvalue weighted by atomic mass is 32.2. The smallest absolute Gasteiger partial charge is 0.327 e. The van der Waals surface area contributed by atoms with Gasteiger partial charge in [-0.15, -0.1) is 0 Å². The third-order valence-corrected chi connectivity index (χ3v) is 3.12. The highest BCUT2D eigenvalue weighted by Crippen LogP contribution is 2.17. The molecule has 0 radical (unpaired) electrons. The van der Waals surface area contributed by atoms with E-state index in [0.29, 0.717) is 5.56 Å². The Bertz CT molecular complexity index is 401. The Balaban J connectivity index is 2.46. The number of hydrogen-bond acceptors (Lipinski definition) is 4. The van der Waals surface area contributed by atoms with Gasteiger partial charge < -0.3 is 15.5 Å². The highest BCUT2D eigenvalue weighted by molar-refractivity contribution is 7.97. The van der Waals surface area contributed by atoms with Crippen LogP contribution in [-0.2, 0) is 0 Å².